The third-order valence-electron chi connectivity index (χ3n) is 5.79. The molecule has 1 atom stereocenters. The number of likely N-dealkylation sites (N-methyl/N-ethyl adjacent to an activating group) is 1. The van der Waals surface area contributed by atoms with E-state index in [-0.39, 0.29) is 22.9 Å². The van der Waals surface area contributed by atoms with Crippen LogP contribution in [0.25, 0.3) is 21.8 Å². The van der Waals surface area contributed by atoms with Gasteiger partial charge in [0, 0.05) is 36.5 Å². The van der Waals surface area contributed by atoms with Crippen LogP contribution in [0, 0.1) is 0 Å². The monoisotopic (exact) mass is 491 g/mol. The molecule has 4 aromatic rings. The number of nitrogen functional groups attached to an aromatic ring is 1. The number of fused-ring (bicyclic) bond motifs is 4. The number of aromatic nitrogens is 3. The summed E-state index contributed by atoms with van der Waals surface area (Å²) >= 11 is 6.44. The maximum Gasteiger partial charge on any atom is 0.573 e. The summed E-state index contributed by atoms with van der Waals surface area (Å²) in [6, 6.07) is 6.47. The molecule has 0 radical (unpaired) electrons. The summed E-state index contributed by atoms with van der Waals surface area (Å²) in [6.45, 7) is 0.0726. The Bertz CT molecular complexity index is 1470. The zero-order valence-electron chi connectivity index (χ0n) is 17.9. The van der Waals surface area contributed by atoms with Gasteiger partial charge in [-0.3, -0.25) is 9.48 Å². The molecule has 0 spiro atoms. The average Bonchev–Trinajstić information content (AvgIpc) is 3.35. The van der Waals surface area contributed by atoms with Crippen molar-refractivity contribution in [2.45, 2.75) is 12.4 Å². The number of benzene rings is 2. The topological polar surface area (TPSA) is 95.5 Å². The van der Waals surface area contributed by atoms with E-state index in [1.165, 1.54) is 17.0 Å². The molecular weight excluding hydrogens is 475 g/mol. The molecule has 176 valence electrons. The van der Waals surface area contributed by atoms with E-state index >= 15 is 0 Å². The Balaban J connectivity index is 1.50. The zero-order valence-corrected chi connectivity index (χ0v) is 18.6. The molecule has 0 bridgehead atoms. The average molecular weight is 492 g/mol. The quantitative estimate of drug-likeness (QED) is 0.454. The van der Waals surface area contributed by atoms with E-state index in [9.17, 15) is 18.0 Å². The number of hydrogen-bond acceptors (Lipinski definition) is 6. The molecule has 0 fully saturated rings. The number of pyridine rings is 1. The molecule has 8 nitrogen and oxygen atoms in total. The summed E-state index contributed by atoms with van der Waals surface area (Å²) in [6.07, 6.45) is -3.17. The van der Waals surface area contributed by atoms with Gasteiger partial charge in [0.15, 0.2) is 0 Å². The highest BCUT2D eigenvalue weighted by atomic mass is 35.5. The Hall–Kier alpha value is -3.73. The van der Waals surface area contributed by atoms with Crippen molar-refractivity contribution in [2.75, 3.05) is 19.4 Å². The fraction of sp³-hybridized carbons (Fsp3) is 0.227. The van der Waals surface area contributed by atoms with Gasteiger partial charge in [0.1, 0.15) is 29.4 Å². The molecule has 0 saturated carbocycles. The number of ether oxygens (including phenoxy) is 2. The van der Waals surface area contributed by atoms with Crippen molar-refractivity contribution in [3.63, 3.8) is 0 Å². The number of halogens is 4. The Labute approximate surface area is 195 Å². The van der Waals surface area contributed by atoms with Crippen LogP contribution in [0.1, 0.15) is 22.0 Å². The molecule has 1 aliphatic heterocycles. The van der Waals surface area contributed by atoms with E-state index in [0.29, 0.717) is 27.8 Å². The maximum atomic E-state index is 13.4. The van der Waals surface area contributed by atoms with Gasteiger partial charge in [-0.1, -0.05) is 11.6 Å². The normalized spacial score (nSPS) is 15.4. The first kappa shape index (κ1) is 22.1. The SMILES string of the molecule is CN(C(=O)c1cc2c(cc1Cl)nc(N)c1c2cnn1C)[C@@H]1COc2cc(OC(F)(F)F)ccc21. The third-order valence-corrected chi connectivity index (χ3v) is 6.10. The van der Waals surface area contributed by atoms with Gasteiger partial charge in [0.25, 0.3) is 5.91 Å². The second kappa shape index (κ2) is 7.66. The molecule has 0 saturated heterocycles. The predicted molar refractivity (Wildman–Crippen MR) is 119 cm³/mol. The molecular formula is C22H17ClF3N5O3. The number of aryl methyl sites for hydroxylation is 1. The molecule has 0 aliphatic carbocycles. The van der Waals surface area contributed by atoms with Crippen molar-refractivity contribution in [3.8, 4) is 11.5 Å². The summed E-state index contributed by atoms with van der Waals surface area (Å²) in [5.74, 6) is -0.278. The second-order valence-electron chi connectivity index (χ2n) is 7.87. The molecule has 0 unspecified atom stereocenters. The number of amides is 1. The first-order valence-electron chi connectivity index (χ1n) is 10.0. The lowest BCUT2D eigenvalue weighted by atomic mass is 10.0. The third kappa shape index (κ3) is 3.61. The van der Waals surface area contributed by atoms with Crippen molar-refractivity contribution in [1.29, 1.82) is 0 Å². The minimum atomic E-state index is -4.81. The highest BCUT2D eigenvalue weighted by molar-refractivity contribution is 6.35. The Morgan fingerprint density at radius 3 is 2.79 bits per heavy atom. The van der Waals surface area contributed by atoms with Gasteiger partial charge in [-0.2, -0.15) is 5.10 Å². The van der Waals surface area contributed by atoms with Crippen molar-refractivity contribution in [3.05, 3.63) is 52.7 Å². The number of carbonyl (C=O) groups excluding carboxylic acids is 1. The number of alkyl halides is 3. The first-order valence-corrected chi connectivity index (χ1v) is 10.4. The summed E-state index contributed by atoms with van der Waals surface area (Å²) in [5.41, 5.74) is 8.02. The number of anilines is 1. The summed E-state index contributed by atoms with van der Waals surface area (Å²) in [7, 11) is 3.32. The smallest absolute Gasteiger partial charge is 0.491 e. The first-order chi connectivity index (χ1) is 16.0. The Morgan fingerprint density at radius 2 is 2.06 bits per heavy atom. The minimum absolute atomic E-state index is 0.0726. The van der Waals surface area contributed by atoms with Crippen molar-refractivity contribution < 1.29 is 27.4 Å². The fourth-order valence-electron chi connectivity index (χ4n) is 4.18. The zero-order chi connectivity index (χ0) is 24.4. The van der Waals surface area contributed by atoms with Crippen LogP contribution in [0.3, 0.4) is 0 Å². The highest BCUT2D eigenvalue weighted by Crippen LogP contribution is 2.40. The summed E-state index contributed by atoms with van der Waals surface area (Å²) in [4.78, 5) is 19.2. The lowest BCUT2D eigenvalue weighted by Crippen LogP contribution is -2.32. The predicted octanol–water partition coefficient (Wildman–Crippen LogP) is 4.46. The molecule has 12 heteroatoms. The summed E-state index contributed by atoms with van der Waals surface area (Å²) < 4.78 is 48.6. The molecule has 34 heavy (non-hydrogen) atoms. The number of carbonyl (C=O) groups is 1. The minimum Gasteiger partial charge on any atom is -0.491 e. The molecule has 1 aliphatic rings. The number of nitrogens with zero attached hydrogens (tertiary/aromatic N) is 4. The maximum absolute atomic E-state index is 13.4. The van der Waals surface area contributed by atoms with Gasteiger partial charge in [-0.25, -0.2) is 4.98 Å². The van der Waals surface area contributed by atoms with Crippen LogP contribution in [-0.2, 0) is 7.05 Å². The van der Waals surface area contributed by atoms with Gasteiger partial charge in [-0.15, -0.1) is 13.2 Å². The van der Waals surface area contributed by atoms with Crippen LogP contribution < -0.4 is 15.2 Å². The van der Waals surface area contributed by atoms with E-state index < -0.39 is 24.1 Å². The van der Waals surface area contributed by atoms with E-state index in [0.717, 1.165) is 11.5 Å². The fourth-order valence-corrected chi connectivity index (χ4v) is 4.42. The van der Waals surface area contributed by atoms with Crippen molar-refractivity contribution >= 4 is 45.1 Å². The molecule has 2 aromatic heterocycles. The van der Waals surface area contributed by atoms with Crippen LogP contribution in [0.4, 0.5) is 19.0 Å². The van der Waals surface area contributed by atoms with Gasteiger partial charge in [-0.05, 0) is 24.3 Å². The van der Waals surface area contributed by atoms with E-state index in [4.69, 9.17) is 22.1 Å². The lowest BCUT2D eigenvalue weighted by Gasteiger charge is -2.24. The van der Waals surface area contributed by atoms with Crippen LogP contribution in [-0.4, -0.2) is 45.6 Å². The van der Waals surface area contributed by atoms with Crippen LogP contribution >= 0.6 is 11.6 Å². The number of rotatable bonds is 3. The largest absolute Gasteiger partial charge is 0.573 e. The number of nitrogens with two attached hydrogens (primary N) is 1. The van der Waals surface area contributed by atoms with E-state index in [1.807, 2.05) is 0 Å². The van der Waals surface area contributed by atoms with Crippen LogP contribution in [0.5, 0.6) is 11.5 Å². The van der Waals surface area contributed by atoms with Gasteiger partial charge in [0.05, 0.1) is 28.3 Å². The Morgan fingerprint density at radius 1 is 1.29 bits per heavy atom. The lowest BCUT2D eigenvalue weighted by molar-refractivity contribution is -0.274. The van der Waals surface area contributed by atoms with Crippen molar-refractivity contribution in [1.82, 2.24) is 19.7 Å². The molecule has 5 rings (SSSR count). The van der Waals surface area contributed by atoms with Crippen LogP contribution in [0.15, 0.2) is 36.5 Å². The van der Waals surface area contributed by atoms with Gasteiger partial charge >= 0.3 is 6.36 Å². The van der Waals surface area contributed by atoms with E-state index in [2.05, 4.69) is 14.8 Å². The number of hydrogen-bond donors (Lipinski definition) is 1. The second-order valence-corrected chi connectivity index (χ2v) is 8.27. The van der Waals surface area contributed by atoms with E-state index in [1.54, 1.807) is 37.1 Å². The highest BCUT2D eigenvalue weighted by Gasteiger charge is 2.35. The molecule has 3 heterocycles. The van der Waals surface area contributed by atoms with Crippen LogP contribution in [0.2, 0.25) is 5.02 Å². The summed E-state index contributed by atoms with van der Waals surface area (Å²) in [5, 5.41) is 5.80. The standard InChI is InChI=1S/C22H17ClF3N5O3/c1-30(17-9-33-18-5-10(3-4-11(17)18)34-22(24,25)26)21(32)13-6-12-14-8-28-31(2)19(14)20(27)29-16(12)7-15(13)23/h3-8,17H,9H2,1-2H3,(H2,27,29)/t17-/m1/s1. The van der Waals surface area contributed by atoms with Gasteiger partial charge < -0.3 is 20.1 Å². The Kier molecular flexibility index (Phi) is 4.97. The van der Waals surface area contributed by atoms with Crippen molar-refractivity contribution in [2.24, 2.45) is 7.05 Å². The van der Waals surface area contributed by atoms with Gasteiger partial charge in [0.2, 0.25) is 0 Å². The molecule has 2 aromatic carbocycles. The molecule has 1 amide bonds. The molecule has 2 N–H and O–H groups in total.